The number of aryl methyl sites for hydroxylation is 1. The lowest BCUT2D eigenvalue weighted by Gasteiger charge is -2.42. The minimum Gasteiger partial charge on any atom is -0.370 e. The summed E-state index contributed by atoms with van der Waals surface area (Å²) in [4.78, 5) is 17.3. The lowest BCUT2D eigenvalue weighted by atomic mass is 10.0. The van der Waals surface area contributed by atoms with Gasteiger partial charge in [-0.1, -0.05) is 47.7 Å². The number of benzene rings is 2. The monoisotopic (exact) mass is 558 g/mol. The zero-order valence-electron chi connectivity index (χ0n) is 24.5. The lowest BCUT2D eigenvalue weighted by molar-refractivity contribution is 0.0982. The number of piperazine rings is 1. The third kappa shape index (κ3) is 5.52. The Labute approximate surface area is 247 Å². The molecule has 2 aromatic carbocycles. The molecule has 5 aromatic rings. The fraction of sp³-hybridized carbons (Fsp3) is 0.353. The number of piperidine rings is 1. The van der Waals surface area contributed by atoms with Gasteiger partial charge in [-0.2, -0.15) is 0 Å². The van der Waals surface area contributed by atoms with Crippen molar-refractivity contribution in [3.05, 3.63) is 90.3 Å². The topological polar surface area (TPSA) is 66.2 Å². The van der Waals surface area contributed by atoms with Crippen molar-refractivity contribution < 1.29 is 0 Å². The first-order valence-electron chi connectivity index (χ1n) is 15.1. The molecule has 0 radical (unpaired) electrons. The van der Waals surface area contributed by atoms with E-state index < -0.39 is 0 Å². The molecule has 42 heavy (non-hydrogen) atoms. The van der Waals surface area contributed by atoms with Gasteiger partial charge in [0.25, 0.3) is 0 Å². The van der Waals surface area contributed by atoms with Crippen LogP contribution in [-0.2, 0) is 6.54 Å². The van der Waals surface area contributed by atoms with Crippen molar-refractivity contribution in [3.8, 4) is 22.6 Å². The van der Waals surface area contributed by atoms with Crippen LogP contribution in [0.4, 0.5) is 5.69 Å². The van der Waals surface area contributed by atoms with Crippen LogP contribution < -0.4 is 4.90 Å². The van der Waals surface area contributed by atoms with Crippen LogP contribution in [0.2, 0.25) is 0 Å². The highest BCUT2D eigenvalue weighted by Crippen LogP contribution is 2.33. The highest BCUT2D eigenvalue weighted by molar-refractivity contribution is 5.88. The minimum absolute atomic E-state index is 0.633. The number of likely N-dealkylation sites (N-methyl/N-ethyl adjacent to an activating group) is 1. The van der Waals surface area contributed by atoms with Crippen molar-refractivity contribution in [3.63, 3.8) is 0 Å². The van der Waals surface area contributed by atoms with E-state index in [0.29, 0.717) is 12.6 Å². The predicted molar refractivity (Wildman–Crippen MR) is 169 cm³/mol. The molecule has 8 heteroatoms. The second kappa shape index (κ2) is 11.6. The summed E-state index contributed by atoms with van der Waals surface area (Å²) >= 11 is 0. The van der Waals surface area contributed by atoms with E-state index in [1.165, 1.54) is 50.3 Å². The number of hydrogen-bond donors (Lipinski definition) is 0. The van der Waals surface area contributed by atoms with E-state index in [0.717, 1.165) is 52.3 Å². The van der Waals surface area contributed by atoms with Gasteiger partial charge in [0, 0.05) is 62.0 Å². The highest BCUT2D eigenvalue weighted by atomic mass is 15.4. The summed E-state index contributed by atoms with van der Waals surface area (Å²) in [5.74, 6) is 0. The first-order chi connectivity index (χ1) is 20.6. The van der Waals surface area contributed by atoms with Crippen molar-refractivity contribution in [1.82, 2.24) is 34.8 Å². The summed E-state index contributed by atoms with van der Waals surface area (Å²) in [5.41, 5.74) is 7.99. The summed E-state index contributed by atoms with van der Waals surface area (Å²) in [6, 6.07) is 25.9. The van der Waals surface area contributed by atoms with Crippen LogP contribution in [-0.4, -0.2) is 87.1 Å². The molecule has 3 aromatic heterocycles. The number of pyridine rings is 2. The number of aromatic nitrogens is 5. The van der Waals surface area contributed by atoms with Crippen molar-refractivity contribution in [2.45, 2.75) is 32.4 Å². The number of fused-ring (bicyclic) bond motifs is 1. The molecule has 0 N–H and O–H groups in total. The third-order valence-electron chi connectivity index (χ3n) is 8.87. The number of hydrogen-bond acceptors (Lipinski definition) is 7. The van der Waals surface area contributed by atoms with Gasteiger partial charge < -0.3 is 9.80 Å². The van der Waals surface area contributed by atoms with Crippen LogP contribution in [0.15, 0.2) is 79.0 Å². The first kappa shape index (κ1) is 26.7. The molecule has 2 fully saturated rings. The summed E-state index contributed by atoms with van der Waals surface area (Å²) in [6.45, 7) is 9.52. The standard InChI is InChI=1S/C34H38N8/c1-25-7-6-10-32(36-25)33-34(42(38-37-33)24-26-8-4-3-5-9-26)27-11-12-31-28(21-27)22-30(23-35-31)40-15-13-29(14-16-40)41-19-17-39(2)18-20-41/h3-12,21-23,29H,13-20,24H2,1-2H3. The Kier molecular flexibility index (Phi) is 7.40. The van der Waals surface area contributed by atoms with Crippen LogP contribution in [0.5, 0.6) is 0 Å². The van der Waals surface area contributed by atoms with Gasteiger partial charge in [-0.25, -0.2) is 4.68 Å². The highest BCUT2D eigenvalue weighted by Gasteiger charge is 2.27. The van der Waals surface area contributed by atoms with Crippen molar-refractivity contribution >= 4 is 16.6 Å². The number of rotatable bonds is 6. The van der Waals surface area contributed by atoms with Crippen LogP contribution >= 0.6 is 0 Å². The zero-order valence-corrected chi connectivity index (χ0v) is 24.5. The smallest absolute Gasteiger partial charge is 0.139 e. The Hall–Kier alpha value is -4.14. The molecule has 8 nitrogen and oxygen atoms in total. The molecule has 0 saturated carbocycles. The van der Waals surface area contributed by atoms with E-state index in [1.54, 1.807) is 0 Å². The SMILES string of the molecule is Cc1cccc(-c2nnn(Cc3ccccc3)c2-c2ccc3ncc(N4CCC(N5CCN(C)CC5)CC4)cc3c2)n1. The molecule has 0 atom stereocenters. The molecule has 0 bridgehead atoms. The van der Waals surface area contributed by atoms with E-state index in [-0.39, 0.29) is 0 Å². The second-order valence-electron chi connectivity index (χ2n) is 11.8. The van der Waals surface area contributed by atoms with Crippen LogP contribution in [0.3, 0.4) is 0 Å². The number of nitrogens with zero attached hydrogens (tertiary/aromatic N) is 8. The summed E-state index contributed by atoms with van der Waals surface area (Å²) < 4.78 is 2.00. The average Bonchev–Trinajstić information content (AvgIpc) is 3.45. The van der Waals surface area contributed by atoms with Gasteiger partial charge in [-0.05, 0) is 62.7 Å². The van der Waals surface area contributed by atoms with Gasteiger partial charge in [0.1, 0.15) is 5.69 Å². The molecule has 2 aliphatic rings. The molecular formula is C34H38N8. The van der Waals surface area contributed by atoms with Gasteiger partial charge in [-0.3, -0.25) is 14.9 Å². The summed E-state index contributed by atoms with van der Waals surface area (Å²) in [6.07, 6.45) is 4.46. The Balaban J connectivity index is 1.19. The average molecular weight is 559 g/mol. The van der Waals surface area contributed by atoms with Gasteiger partial charge in [-0.15, -0.1) is 5.10 Å². The minimum atomic E-state index is 0.633. The molecular weight excluding hydrogens is 520 g/mol. The molecule has 0 unspecified atom stereocenters. The van der Waals surface area contributed by atoms with Gasteiger partial charge >= 0.3 is 0 Å². The Morgan fingerprint density at radius 2 is 1.64 bits per heavy atom. The summed E-state index contributed by atoms with van der Waals surface area (Å²) in [7, 11) is 2.23. The maximum Gasteiger partial charge on any atom is 0.139 e. The van der Waals surface area contributed by atoms with E-state index in [2.05, 4.69) is 80.6 Å². The quantitative estimate of drug-likeness (QED) is 0.286. The van der Waals surface area contributed by atoms with Crippen molar-refractivity contribution in [2.24, 2.45) is 0 Å². The Bertz CT molecular complexity index is 1660. The molecule has 0 spiro atoms. The van der Waals surface area contributed by atoms with E-state index in [1.807, 2.05) is 42.1 Å². The van der Waals surface area contributed by atoms with Gasteiger partial charge in [0.2, 0.25) is 0 Å². The molecule has 0 amide bonds. The van der Waals surface area contributed by atoms with Crippen molar-refractivity contribution in [1.29, 1.82) is 0 Å². The maximum atomic E-state index is 4.87. The lowest BCUT2D eigenvalue weighted by Crippen LogP contribution is -2.52. The molecule has 5 heterocycles. The molecule has 2 saturated heterocycles. The largest absolute Gasteiger partial charge is 0.370 e. The van der Waals surface area contributed by atoms with Gasteiger partial charge in [0.05, 0.1) is 35.3 Å². The van der Waals surface area contributed by atoms with Gasteiger partial charge in [0.15, 0.2) is 0 Å². The third-order valence-corrected chi connectivity index (χ3v) is 8.87. The molecule has 2 aliphatic heterocycles. The van der Waals surface area contributed by atoms with E-state index in [9.17, 15) is 0 Å². The van der Waals surface area contributed by atoms with E-state index in [4.69, 9.17) is 9.97 Å². The maximum absolute atomic E-state index is 4.87. The summed E-state index contributed by atoms with van der Waals surface area (Å²) in [5, 5.41) is 10.4. The Morgan fingerprint density at radius 3 is 2.43 bits per heavy atom. The first-order valence-corrected chi connectivity index (χ1v) is 15.1. The Morgan fingerprint density at radius 1 is 0.833 bits per heavy atom. The second-order valence-corrected chi connectivity index (χ2v) is 11.8. The fourth-order valence-corrected chi connectivity index (χ4v) is 6.43. The van der Waals surface area contributed by atoms with Crippen LogP contribution in [0, 0.1) is 6.92 Å². The molecule has 0 aliphatic carbocycles. The molecule has 7 rings (SSSR count). The predicted octanol–water partition coefficient (Wildman–Crippen LogP) is 5.13. The zero-order chi connectivity index (χ0) is 28.5. The fourth-order valence-electron chi connectivity index (χ4n) is 6.43. The van der Waals surface area contributed by atoms with E-state index >= 15 is 0 Å². The van der Waals surface area contributed by atoms with Crippen LogP contribution in [0.1, 0.15) is 24.1 Å². The molecule has 214 valence electrons. The van der Waals surface area contributed by atoms with Crippen molar-refractivity contribution in [2.75, 3.05) is 51.2 Å². The van der Waals surface area contributed by atoms with Crippen LogP contribution in [0.25, 0.3) is 33.5 Å². The normalized spacial score (nSPS) is 17.2. The number of anilines is 1.